The highest BCUT2D eigenvalue weighted by Crippen LogP contribution is 2.19. The Hall–Kier alpha value is -2.04. The Labute approximate surface area is 138 Å². The van der Waals surface area contributed by atoms with Crippen molar-refractivity contribution in [3.63, 3.8) is 0 Å². The van der Waals surface area contributed by atoms with Gasteiger partial charge in [-0.05, 0) is 37.5 Å². The van der Waals surface area contributed by atoms with E-state index in [4.69, 9.17) is 4.74 Å². The first-order chi connectivity index (χ1) is 11.0. The average molecular weight is 318 g/mol. The summed E-state index contributed by atoms with van der Waals surface area (Å²) in [5, 5.41) is 2.97. The van der Waals surface area contributed by atoms with Crippen LogP contribution in [0.2, 0.25) is 0 Å². The van der Waals surface area contributed by atoms with E-state index < -0.39 is 0 Å². The number of hydrogen-bond donors (Lipinski definition) is 1. The Morgan fingerprint density at radius 3 is 2.70 bits per heavy atom. The third-order valence-corrected chi connectivity index (χ3v) is 4.42. The SMILES string of the molecule is CCC(C)NC(=O)C1CC(=O)N(CCc2ccc(OC)cc2)C1. The molecule has 1 fully saturated rings. The molecule has 0 radical (unpaired) electrons. The van der Waals surface area contributed by atoms with Crippen LogP contribution in [0.1, 0.15) is 32.3 Å². The maximum atomic E-state index is 12.1. The van der Waals surface area contributed by atoms with Crippen LogP contribution in [0.5, 0.6) is 5.75 Å². The second-order valence-electron chi connectivity index (χ2n) is 6.16. The molecule has 5 heteroatoms. The van der Waals surface area contributed by atoms with Crippen LogP contribution in [0.3, 0.4) is 0 Å². The normalized spacial score (nSPS) is 18.8. The zero-order chi connectivity index (χ0) is 16.8. The molecule has 1 aromatic rings. The van der Waals surface area contributed by atoms with Gasteiger partial charge < -0.3 is 15.0 Å². The number of amides is 2. The summed E-state index contributed by atoms with van der Waals surface area (Å²) in [6.45, 7) is 5.19. The zero-order valence-electron chi connectivity index (χ0n) is 14.2. The number of methoxy groups -OCH3 is 1. The summed E-state index contributed by atoms with van der Waals surface area (Å²) < 4.78 is 5.14. The van der Waals surface area contributed by atoms with Gasteiger partial charge in [0, 0.05) is 25.6 Å². The molecule has 2 rings (SSSR count). The molecule has 1 aromatic carbocycles. The van der Waals surface area contributed by atoms with Gasteiger partial charge in [-0.15, -0.1) is 0 Å². The van der Waals surface area contributed by atoms with Crippen molar-refractivity contribution in [1.82, 2.24) is 10.2 Å². The summed E-state index contributed by atoms with van der Waals surface area (Å²) in [4.78, 5) is 26.0. The summed E-state index contributed by atoms with van der Waals surface area (Å²) in [6.07, 6.45) is 2.01. The lowest BCUT2D eigenvalue weighted by molar-refractivity contribution is -0.129. The van der Waals surface area contributed by atoms with Crippen LogP contribution in [0, 0.1) is 5.92 Å². The number of carbonyl (C=O) groups excluding carboxylic acids is 2. The van der Waals surface area contributed by atoms with Gasteiger partial charge in [0.05, 0.1) is 13.0 Å². The quantitative estimate of drug-likeness (QED) is 0.836. The van der Waals surface area contributed by atoms with Crippen LogP contribution in [0.4, 0.5) is 0 Å². The molecule has 1 aliphatic rings. The number of carbonyl (C=O) groups is 2. The van der Waals surface area contributed by atoms with E-state index in [1.165, 1.54) is 0 Å². The minimum Gasteiger partial charge on any atom is -0.497 e. The van der Waals surface area contributed by atoms with Crippen LogP contribution in [0.15, 0.2) is 24.3 Å². The first-order valence-electron chi connectivity index (χ1n) is 8.24. The van der Waals surface area contributed by atoms with Gasteiger partial charge in [0.15, 0.2) is 0 Å². The van der Waals surface area contributed by atoms with Crippen molar-refractivity contribution in [3.8, 4) is 5.75 Å². The smallest absolute Gasteiger partial charge is 0.225 e. The Kier molecular flexibility index (Phi) is 6.02. The van der Waals surface area contributed by atoms with E-state index >= 15 is 0 Å². The van der Waals surface area contributed by atoms with E-state index in [0.717, 1.165) is 24.2 Å². The van der Waals surface area contributed by atoms with Crippen molar-refractivity contribution in [1.29, 1.82) is 0 Å². The minimum absolute atomic E-state index is 0.000326. The highest BCUT2D eigenvalue weighted by Gasteiger charge is 2.34. The summed E-state index contributed by atoms with van der Waals surface area (Å²) in [5.41, 5.74) is 1.16. The molecule has 0 bridgehead atoms. The molecular weight excluding hydrogens is 292 g/mol. The maximum absolute atomic E-state index is 12.1. The van der Waals surface area contributed by atoms with Crippen LogP contribution in [-0.4, -0.2) is 43.0 Å². The van der Waals surface area contributed by atoms with Gasteiger partial charge in [-0.1, -0.05) is 19.1 Å². The second-order valence-corrected chi connectivity index (χ2v) is 6.16. The molecular formula is C18H26N2O3. The van der Waals surface area contributed by atoms with Gasteiger partial charge in [0.2, 0.25) is 11.8 Å². The fraction of sp³-hybridized carbons (Fsp3) is 0.556. The van der Waals surface area contributed by atoms with Crippen LogP contribution in [-0.2, 0) is 16.0 Å². The van der Waals surface area contributed by atoms with Gasteiger partial charge in [-0.3, -0.25) is 9.59 Å². The zero-order valence-corrected chi connectivity index (χ0v) is 14.2. The first kappa shape index (κ1) is 17.3. The van der Waals surface area contributed by atoms with E-state index in [9.17, 15) is 9.59 Å². The largest absolute Gasteiger partial charge is 0.497 e. The fourth-order valence-electron chi connectivity index (χ4n) is 2.68. The highest BCUT2D eigenvalue weighted by molar-refractivity contribution is 5.89. The van der Waals surface area contributed by atoms with Crippen molar-refractivity contribution in [2.24, 2.45) is 5.92 Å². The number of ether oxygens (including phenoxy) is 1. The molecule has 126 valence electrons. The van der Waals surface area contributed by atoms with Gasteiger partial charge in [0.1, 0.15) is 5.75 Å². The number of likely N-dealkylation sites (tertiary alicyclic amines) is 1. The molecule has 0 aromatic heterocycles. The fourth-order valence-corrected chi connectivity index (χ4v) is 2.68. The van der Waals surface area contributed by atoms with Gasteiger partial charge in [-0.25, -0.2) is 0 Å². The highest BCUT2D eigenvalue weighted by atomic mass is 16.5. The minimum atomic E-state index is -0.215. The van der Waals surface area contributed by atoms with Crippen molar-refractivity contribution in [2.75, 3.05) is 20.2 Å². The maximum Gasteiger partial charge on any atom is 0.225 e. The average Bonchev–Trinajstić information content (AvgIpc) is 2.94. The third-order valence-electron chi connectivity index (χ3n) is 4.42. The number of hydrogen-bond acceptors (Lipinski definition) is 3. The predicted molar refractivity (Wildman–Crippen MR) is 89.3 cm³/mol. The van der Waals surface area contributed by atoms with E-state index in [2.05, 4.69) is 5.32 Å². The summed E-state index contributed by atoms with van der Waals surface area (Å²) in [7, 11) is 1.64. The van der Waals surface area contributed by atoms with E-state index in [0.29, 0.717) is 19.5 Å². The molecule has 0 aliphatic carbocycles. The molecule has 1 saturated heterocycles. The summed E-state index contributed by atoms with van der Waals surface area (Å²) in [6, 6.07) is 8.01. The molecule has 0 saturated carbocycles. The van der Waals surface area contributed by atoms with Crippen molar-refractivity contribution >= 4 is 11.8 Å². The molecule has 0 spiro atoms. The van der Waals surface area contributed by atoms with Crippen molar-refractivity contribution in [2.45, 2.75) is 39.2 Å². The lowest BCUT2D eigenvalue weighted by atomic mass is 10.1. The predicted octanol–water partition coefficient (Wildman–Crippen LogP) is 2.00. The Bertz CT molecular complexity index is 542. The van der Waals surface area contributed by atoms with Crippen LogP contribution in [0.25, 0.3) is 0 Å². The molecule has 1 aliphatic heterocycles. The van der Waals surface area contributed by atoms with Gasteiger partial charge in [0.25, 0.3) is 0 Å². The Morgan fingerprint density at radius 2 is 2.09 bits per heavy atom. The standard InChI is InChI=1S/C18H26N2O3/c1-4-13(2)19-18(22)15-11-17(21)20(12-15)10-9-14-5-7-16(23-3)8-6-14/h5-8,13,15H,4,9-12H2,1-3H3,(H,19,22). The second kappa shape index (κ2) is 7.99. The van der Waals surface area contributed by atoms with Gasteiger partial charge in [-0.2, -0.15) is 0 Å². The lowest BCUT2D eigenvalue weighted by Crippen LogP contribution is -2.38. The third kappa shape index (κ3) is 4.71. The Morgan fingerprint density at radius 1 is 1.39 bits per heavy atom. The van der Waals surface area contributed by atoms with E-state index in [1.54, 1.807) is 12.0 Å². The monoisotopic (exact) mass is 318 g/mol. The van der Waals surface area contributed by atoms with Gasteiger partial charge >= 0.3 is 0 Å². The van der Waals surface area contributed by atoms with Crippen molar-refractivity contribution < 1.29 is 14.3 Å². The number of benzene rings is 1. The summed E-state index contributed by atoms with van der Waals surface area (Å²) >= 11 is 0. The Balaban J connectivity index is 1.84. The number of nitrogens with zero attached hydrogens (tertiary/aromatic N) is 1. The van der Waals surface area contributed by atoms with E-state index in [-0.39, 0.29) is 23.8 Å². The summed E-state index contributed by atoms with van der Waals surface area (Å²) in [5.74, 6) is 0.683. The molecule has 1 N–H and O–H groups in total. The van der Waals surface area contributed by atoms with Crippen LogP contribution < -0.4 is 10.1 Å². The molecule has 5 nitrogen and oxygen atoms in total. The lowest BCUT2D eigenvalue weighted by Gasteiger charge is -2.18. The number of rotatable bonds is 7. The van der Waals surface area contributed by atoms with Crippen LogP contribution >= 0.6 is 0 Å². The molecule has 2 amide bonds. The topological polar surface area (TPSA) is 58.6 Å². The number of nitrogens with one attached hydrogen (secondary N) is 1. The first-order valence-corrected chi connectivity index (χ1v) is 8.24. The molecule has 23 heavy (non-hydrogen) atoms. The molecule has 1 heterocycles. The molecule has 2 unspecified atom stereocenters. The van der Waals surface area contributed by atoms with Crippen molar-refractivity contribution in [3.05, 3.63) is 29.8 Å². The van der Waals surface area contributed by atoms with E-state index in [1.807, 2.05) is 38.1 Å². The molecule has 2 atom stereocenters.